The van der Waals surface area contributed by atoms with E-state index < -0.39 is 11.0 Å². The average molecular weight is 310 g/mol. The summed E-state index contributed by atoms with van der Waals surface area (Å²) >= 11 is 6.05. The van der Waals surface area contributed by atoms with Crippen molar-refractivity contribution >= 4 is 23.3 Å². The lowest BCUT2D eigenvalue weighted by molar-refractivity contribution is -0.222. The quantitative estimate of drug-likeness (QED) is 0.878. The van der Waals surface area contributed by atoms with Crippen molar-refractivity contribution in [3.8, 4) is 0 Å². The van der Waals surface area contributed by atoms with Crippen LogP contribution < -0.4 is 11.1 Å². The number of fused-ring (bicyclic) bond motifs is 1. The van der Waals surface area contributed by atoms with Gasteiger partial charge in [0.05, 0.1) is 11.1 Å². The Kier molecular flexibility index (Phi) is 3.47. The molecule has 1 saturated heterocycles. The van der Waals surface area contributed by atoms with Crippen molar-refractivity contribution in [2.75, 3.05) is 11.9 Å². The van der Waals surface area contributed by atoms with Crippen LogP contribution in [0.3, 0.4) is 0 Å². The summed E-state index contributed by atoms with van der Waals surface area (Å²) in [6.07, 6.45) is 3.48. The predicted octanol–water partition coefficient (Wildman–Crippen LogP) is 2.21. The Bertz CT molecular complexity index is 578. The van der Waals surface area contributed by atoms with Gasteiger partial charge < -0.3 is 15.8 Å². The van der Waals surface area contributed by atoms with Crippen LogP contribution in [0.1, 0.15) is 26.7 Å². The number of ether oxygens (including phenoxy) is 1. The van der Waals surface area contributed by atoms with Crippen LogP contribution in [0.4, 0.5) is 5.82 Å². The van der Waals surface area contributed by atoms with Crippen molar-refractivity contribution in [3.63, 3.8) is 0 Å². The molecule has 3 unspecified atom stereocenters. The fourth-order valence-corrected chi connectivity index (χ4v) is 3.89. The second kappa shape index (κ2) is 4.93. The van der Waals surface area contributed by atoms with Gasteiger partial charge in [-0.1, -0.05) is 25.4 Å². The highest BCUT2D eigenvalue weighted by Gasteiger charge is 2.70. The number of rotatable bonds is 2. The lowest BCUT2D eigenvalue weighted by atomic mass is 9.46. The van der Waals surface area contributed by atoms with Gasteiger partial charge in [0, 0.05) is 24.1 Å². The zero-order valence-electron chi connectivity index (χ0n) is 12.2. The molecular weight excluding hydrogens is 290 g/mol. The number of halogens is 1. The summed E-state index contributed by atoms with van der Waals surface area (Å²) < 4.78 is 5.81. The van der Waals surface area contributed by atoms with Gasteiger partial charge >= 0.3 is 0 Å². The summed E-state index contributed by atoms with van der Waals surface area (Å²) in [6.45, 7) is 4.71. The Hall–Kier alpha value is -1.17. The van der Waals surface area contributed by atoms with E-state index in [1.54, 1.807) is 18.3 Å². The molecule has 0 aromatic carbocycles. The molecule has 0 spiro atoms. The van der Waals surface area contributed by atoms with E-state index in [1.807, 2.05) is 13.8 Å². The van der Waals surface area contributed by atoms with Crippen LogP contribution in [0.5, 0.6) is 0 Å². The first-order chi connectivity index (χ1) is 9.89. The summed E-state index contributed by atoms with van der Waals surface area (Å²) in [4.78, 5) is 16.8. The molecule has 3 N–H and O–H groups in total. The second-order valence-corrected chi connectivity index (χ2v) is 6.83. The number of aromatic nitrogens is 1. The van der Waals surface area contributed by atoms with Gasteiger partial charge in [0.2, 0.25) is 5.91 Å². The summed E-state index contributed by atoms with van der Waals surface area (Å²) in [5.74, 6) is 0.161. The maximum Gasteiger partial charge on any atom is 0.246 e. The molecule has 1 amide bonds. The van der Waals surface area contributed by atoms with Crippen LogP contribution in [0, 0.1) is 11.3 Å². The molecular formula is C15H20ClN3O2. The minimum Gasteiger partial charge on any atom is -0.377 e. The number of hydrogen-bond acceptors (Lipinski definition) is 4. The van der Waals surface area contributed by atoms with Crippen molar-refractivity contribution in [1.82, 2.24) is 4.98 Å². The summed E-state index contributed by atoms with van der Waals surface area (Å²) in [6, 6.07) is 3.40. The Balaban J connectivity index is 1.85. The topological polar surface area (TPSA) is 77.2 Å². The third-order valence-electron chi connectivity index (χ3n) is 5.05. The fraction of sp³-hybridized carbons (Fsp3) is 0.600. The molecule has 1 aliphatic carbocycles. The van der Waals surface area contributed by atoms with Crippen molar-refractivity contribution in [3.05, 3.63) is 23.4 Å². The average Bonchev–Trinajstić information content (AvgIpc) is 2.48. The van der Waals surface area contributed by atoms with Gasteiger partial charge in [-0.15, -0.1) is 0 Å². The Morgan fingerprint density at radius 3 is 3.05 bits per heavy atom. The van der Waals surface area contributed by atoms with Gasteiger partial charge in [0.15, 0.2) is 5.82 Å². The van der Waals surface area contributed by atoms with Gasteiger partial charge in [-0.05, 0) is 25.0 Å². The van der Waals surface area contributed by atoms with E-state index in [1.165, 1.54) is 0 Å². The molecule has 2 heterocycles. The summed E-state index contributed by atoms with van der Waals surface area (Å²) in [5, 5.41) is 3.18. The van der Waals surface area contributed by atoms with Gasteiger partial charge in [-0.25, -0.2) is 4.98 Å². The fourth-order valence-electron chi connectivity index (χ4n) is 3.73. The zero-order valence-corrected chi connectivity index (χ0v) is 13.0. The third kappa shape index (κ3) is 1.99. The maximum atomic E-state index is 12.7. The molecule has 0 bridgehead atoms. The van der Waals surface area contributed by atoms with Crippen molar-refractivity contribution in [2.45, 2.75) is 38.3 Å². The molecule has 2 fully saturated rings. The molecule has 1 aromatic rings. The van der Waals surface area contributed by atoms with Crippen LogP contribution in [0.25, 0.3) is 0 Å². The maximum absolute atomic E-state index is 12.7. The van der Waals surface area contributed by atoms with E-state index in [-0.39, 0.29) is 17.9 Å². The Labute approximate surface area is 129 Å². The van der Waals surface area contributed by atoms with E-state index in [0.29, 0.717) is 10.8 Å². The van der Waals surface area contributed by atoms with E-state index in [4.69, 9.17) is 22.1 Å². The summed E-state index contributed by atoms with van der Waals surface area (Å²) in [5.41, 5.74) is 5.14. The van der Waals surface area contributed by atoms with E-state index in [0.717, 1.165) is 19.4 Å². The van der Waals surface area contributed by atoms with Crippen LogP contribution in [-0.2, 0) is 9.53 Å². The van der Waals surface area contributed by atoms with Crippen LogP contribution >= 0.6 is 11.6 Å². The van der Waals surface area contributed by atoms with Gasteiger partial charge in [-0.2, -0.15) is 0 Å². The SMILES string of the molecule is CC1(C)C2OCCCC2C1(N)C(=O)Nc1ncccc1Cl. The Morgan fingerprint density at radius 1 is 1.57 bits per heavy atom. The van der Waals surface area contributed by atoms with E-state index in [9.17, 15) is 4.79 Å². The molecule has 1 aromatic heterocycles. The highest BCUT2D eigenvalue weighted by molar-refractivity contribution is 6.33. The van der Waals surface area contributed by atoms with Crippen LogP contribution in [0.15, 0.2) is 18.3 Å². The minimum atomic E-state index is -0.959. The number of nitrogens with one attached hydrogen (secondary N) is 1. The number of carbonyl (C=O) groups excluding carboxylic acids is 1. The third-order valence-corrected chi connectivity index (χ3v) is 5.36. The van der Waals surface area contributed by atoms with Gasteiger partial charge in [-0.3, -0.25) is 4.79 Å². The number of anilines is 1. The standard InChI is InChI=1S/C15H20ClN3O2/c1-14(2)11-9(5-4-8-21-11)15(14,17)13(20)19-12-10(16)6-3-7-18-12/h3,6-7,9,11H,4-5,8,17H2,1-2H3,(H,18,19,20). The van der Waals surface area contributed by atoms with Crippen molar-refractivity contribution < 1.29 is 9.53 Å². The van der Waals surface area contributed by atoms with Crippen LogP contribution in [-0.4, -0.2) is 29.1 Å². The molecule has 1 aliphatic heterocycles. The monoisotopic (exact) mass is 309 g/mol. The normalized spacial score (nSPS) is 33.7. The smallest absolute Gasteiger partial charge is 0.246 e. The molecule has 5 nitrogen and oxygen atoms in total. The van der Waals surface area contributed by atoms with Crippen molar-refractivity contribution in [2.24, 2.45) is 17.1 Å². The number of carbonyl (C=O) groups is 1. The molecule has 3 atom stereocenters. The number of nitrogens with two attached hydrogens (primary N) is 1. The first-order valence-corrected chi connectivity index (χ1v) is 7.59. The lowest BCUT2D eigenvalue weighted by Gasteiger charge is -2.65. The molecule has 21 heavy (non-hydrogen) atoms. The molecule has 2 aliphatic rings. The molecule has 0 radical (unpaired) electrons. The highest BCUT2D eigenvalue weighted by atomic mass is 35.5. The minimum absolute atomic E-state index is 0.0428. The number of nitrogens with zero attached hydrogens (tertiary/aromatic N) is 1. The Morgan fingerprint density at radius 2 is 2.33 bits per heavy atom. The molecule has 6 heteroatoms. The number of pyridine rings is 1. The first kappa shape index (κ1) is 14.8. The van der Waals surface area contributed by atoms with Gasteiger partial charge in [0.25, 0.3) is 0 Å². The number of amides is 1. The van der Waals surface area contributed by atoms with Gasteiger partial charge in [0.1, 0.15) is 5.54 Å². The largest absolute Gasteiger partial charge is 0.377 e. The predicted molar refractivity (Wildman–Crippen MR) is 81.0 cm³/mol. The van der Waals surface area contributed by atoms with E-state index >= 15 is 0 Å². The van der Waals surface area contributed by atoms with Crippen molar-refractivity contribution in [1.29, 1.82) is 0 Å². The highest BCUT2D eigenvalue weighted by Crippen LogP contribution is 2.57. The van der Waals surface area contributed by atoms with Crippen LogP contribution in [0.2, 0.25) is 5.02 Å². The molecule has 3 rings (SSSR count). The number of hydrogen-bond donors (Lipinski definition) is 2. The lowest BCUT2D eigenvalue weighted by Crippen LogP contribution is -2.81. The molecule has 1 saturated carbocycles. The zero-order chi connectivity index (χ0) is 15.3. The first-order valence-electron chi connectivity index (χ1n) is 7.21. The summed E-state index contributed by atoms with van der Waals surface area (Å²) in [7, 11) is 0. The molecule has 114 valence electrons. The van der Waals surface area contributed by atoms with E-state index in [2.05, 4.69) is 10.3 Å². The second-order valence-electron chi connectivity index (χ2n) is 6.42.